The predicted molar refractivity (Wildman–Crippen MR) is 47.5 cm³/mol. The molecule has 0 atom stereocenters. The third-order valence-electron chi connectivity index (χ3n) is 0.987. The molecule has 52 valence electrons. The second-order valence-corrected chi connectivity index (χ2v) is 4.27. The largest absolute Gasteiger partial charge is 0.271 e. The maximum absolute atomic E-state index is 4.32. The third-order valence-corrected chi connectivity index (χ3v) is 3.45. The molecule has 3 heteroatoms. The van der Waals surface area contributed by atoms with Gasteiger partial charge in [0.2, 0.25) is 0 Å². The van der Waals surface area contributed by atoms with E-state index in [0.717, 1.165) is 6.54 Å². The Balaban J connectivity index is 2.11. The SMILES string of the molecule is CCCSC1=NCCS1. The summed E-state index contributed by atoms with van der Waals surface area (Å²) in [7, 11) is 0. The lowest BCUT2D eigenvalue weighted by Crippen LogP contribution is -1.81. The van der Waals surface area contributed by atoms with Crippen molar-refractivity contribution in [2.24, 2.45) is 4.99 Å². The van der Waals surface area contributed by atoms with Crippen molar-refractivity contribution in [2.45, 2.75) is 13.3 Å². The number of aliphatic imine (C=N–C) groups is 1. The number of thioether (sulfide) groups is 2. The minimum Gasteiger partial charge on any atom is -0.271 e. The van der Waals surface area contributed by atoms with Gasteiger partial charge >= 0.3 is 0 Å². The molecule has 9 heavy (non-hydrogen) atoms. The van der Waals surface area contributed by atoms with Crippen LogP contribution in [0.3, 0.4) is 0 Å². The lowest BCUT2D eigenvalue weighted by atomic mass is 10.6. The van der Waals surface area contributed by atoms with E-state index in [9.17, 15) is 0 Å². The van der Waals surface area contributed by atoms with Crippen LogP contribution >= 0.6 is 23.5 Å². The van der Waals surface area contributed by atoms with E-state index in [1.807, 2.05) is 23.5 Å². The quantitative estimate of drug-likeness (QED) is 0.616. The van der Waals surface area contributed by atoms with Crippen molar-refractivity contribution in [3.63, 3.8) is 0 Å². The van der Waals surface area contributed by atoms with Crippen LogP contribution in [0.4, 0.5) is 0 Å². The summed E-state index contributed by atoms with van der Waals surface area (Å²) in [5.74, 6) is 2.43. The van der Waals surface area contributed by atoms with Gasteiger partial charge in [0.05, 0.1) is 6.54 Å². The summed E-state index contributed by atoms with van der Waals surface area (Å²) in [5, 5.41) is 0. The van der Waals surface area contributed by atoms with Crippen molar-refractivity contribution < 1.29 is 0 Å². The first kappa shape index (κ1) is 7.48. The van der Waals surface area contributed by atoms with Crippen LogP contribution in [0.25, 0.3) is 0 Å². The van der Waals surface area contributed by atoms with Gasteiger partial charge in [0.15, 0.2) is 0 Å². The maximum atomic E-state index is 4.32. The second-order valence-electron chi connectivity index (χ2n) is 1.84. The van der Waals surface area contributed by atoms with Crippen molar-refractivity contribution in [2.75, 3.05) is 18.1 Å². The highest BCUT2D eigenvalue weighted by Gasteiger charge is 2.05. The first-order chi connectivity index (χ1) is 4.43. The molecule has 0 amide bonds. The van der Waals surface area contributed by atoms with E-state index in [2.05, 4.69) is 11.9 Å². The molecule has 0 aromatic rings. The fourth-order valence-electron chi connectivity index (χ4n) is 0.592. The Morgan fingerprint density at radius 2 is 2.67 bits per heavy atom. The molecule has 1 aliphatic rings. The van der Waals surface area contributed by atoms with E-state index in [0.29, 0.717) is 0 Å². The van der Waals surface area contributed by atoms with Gasteiger partial charge in [0.1, 0.15) is 4.38 Å². The average molecular weight is 161 g/mol. The Morgan fingerprint density at radius 3 is 3.22 bits per heavy atom. The molecule has 0 saturated carbocycles. The summed E-state index contributed by atoms with van der Waals surface area (Å²) in [5.41, 5.74) is 0. The van der Waals surface area contributed by atoms with Gasteiger partial charge in [-0.3, -0.25) is 4.99 Å². The number of hydrogen-bond acceptors (Lipinski definition) is 3. The Bertz CT molecular complexity index is 112. The highest BCUT2D eigenvalue weighted by Crippen LogP contribution is 2.21. The zero-order valence-electron chi connectivity index (χ0n) is 5.59. The first-order valence-corrected chi connectivity index (χ1v) is 5.20. The van der Waals surface area contributed by atoms with Gasteiger partial charge in [-0.25, -0.2) is 0 Å². The Kier molecular flexibility index (Phi) is 3.51. The lowest BCUT2D eigenvalue weighted by molar-refractivity contribution is 1.11. The molecule has 0 fully saturated rings. The molecule has 1 nitrogen and oxygen atoms in total. The molecular weight excluding hydrogens is 150 g/mol. The fourth-order valence-corrected chi connectivity index (χ4v) is 2.53. The summed E-state index contributed by atoms with van der Waals surface area (Å²) in [4.78, 5) is 4.32. The van der Waals surface area contributed by atoms with Crippen LogP contribution in [0.15, 0.2) is 4.99 Å². The zero-order chi connectivity index (χ0) is 6.53. The van der Waals surface area contributed by atoms with Crippen LogP contribution in [0, 0.1) is 0 Å². The minimum atomic E-state index is 1.04. The maximum Gasteiger partial charge on any atom is 0.124 e. The summed E-state index contributed by atoms with van der Waals surface area (Å²) in [6.07, 6.45) is 1.25. The predicted octanol–water partition coefficient (Wildman–Crippen LogP) is 2.23. The lowest BCUT2D eigenvalue weighted by Gasteiger charge is -1.93. The standard InChI is InChI=1S/C6H11NS2/c1-2-4-8-6-7-3-5-9-6/h2-5H2,1H3. The monoisotopic (exact) mass is 161 g/mol. The van der Waals surface area contributed by atoms with E-state index < -0.39 is 0 Å². The molecule has 1 rings (SSSR count). The van der Waals surface area contributed by atoms with E-state index >= 15 is 0 Å². The second kappa shape index (κ2) is 4.23. The molecule has 0 aliphatic carbocycles. The molecule has 0 aromatic carbocycles. The van der Waals surface area contributed by atoms with E-state index in [1.54, 1.807) is 0 Å². The van der Waals surface area contributed by atoms with Gasteiger partial charge in [0, 0.05) is 5.75 Å². The van der Waals surface area contributed by atoms with E-state index in [4.69, 9.17) is 0 Å². The van der Waals surface area contributed by atoms with Crippen LogP contribution in [0.1, 0.15) is 13.3 Å². The van der Waals surface area contributed by atoms with Crippen molar-refractivity contribution in [3.8, 4) is 0 Å². The van der Waals surface area contributed by atoms with Crippen LogP contribution in [-0.4, -0.2) is 22.4 Å². The summed E-state index contributed by atoms with van der Waals surface area (Å²) >= 11 is 3.79. The van der Waals surface area contributed by atoms with Gasteiger partial charge in [-0.15, -0.1) is 11.8 Å². The summed E-state index contributed by atoms with van der Waals surface area (Å²) in [6.45, 7) is 3.24. The Morgan fingerprint density at radius 1 is 1.78 bits per heavy atom. The van der Waals surface area contributed by atoms with Gasteiger partial charge in [-0.2, -0.15) is 0 Å². The van der Waals surface area contributed by atoms with Crippen LogP contribution in [0.2, 0.25) is 0 Å². The van der Waals surface area contributed by atoms with Crippen molar-refractivity contribution in [1.29, 1.82) is 0 Å². The van der Waals surface area contributed by atoms with Gasteiger partial charge in [0.25, 0.3) is 0 Å². The zero-order valence-corrected chi connectivity index (χ0v) is 7.23. The number of hydrogen-bond donors (Lipinski definition) is 0. The van der Waals surface area contributed by atoms with Gasteiger partial charge < -0.3 is 0 Å². The summed E-state index contributed by atoms with van der Waals surface area (Å²) < 4.78 is 1.30. The van der Waals surface area contributed by atoms with E-state index in [-0.39, 0.29) is 0 Å². The molecule has 0 bridgehead atoms. The fraction of sp³-hybridized carbons (Fsp3) is 0.833. The molecule has 0 spiro atoms. The first-order valence-electron chi connectivity index (χ1n) is 3.23. The van der Waals surface area contributed by atoms with Crippen LogP contribution < -0.4 is 0 Å². The molecule has 1 heterocycles. The van der Waals surface area contributed by atoms with E-state index in [1.165, 1.54) is 22.3 Å². The number of nitrogens with zero attached hydrogens (tertiary/aromatic N) is 1. The molecule has 0 aromatic heterocycles. The van der Waals surface area contributed by atoms with Crippen molar-refractivity contribution in [1.82, 2.24) is 0 Å². The van der Waals surface area contributed by atoms with Crippen molar-refractivity contribution in [3.05, 3.63) is 0 Å². The Labute approximate surface area is 64.7 Å². The minimum absolute atomic E-state index is 1.04. The van der Waals surface area contributed by atoms with Gasteiger partial charge in [-0.1, -0.05) is 18.7 Å². The molecule has 0 saturated heterocycles. The highest BCUT2D eigenvalue weighted by molar-refractivity contribution is 8.39. The molecule has 0 unspecified atom stereocenters. The number of rotatable bonds is 2. The van der Waals surface area contributed by atoms with Crippen LogP contribution in [-0.2, 0) is 0 Å². The van der Waals surface area contributed by atoms with Crippen LogP contribution in [0.5, 0.6) is 0 Å². The Hall–Kier alpha value is 0.370. The average Bonchev–Trinajstić information content (AvgIpc) is 2.34. The van der Waals surface area contributed by atoms with Crippen molar-refractivity contribution >= 4 is 27.9 Å². The molecule has 0 N–H and O–H groups in total. The van der Waals surface area contributed by atoms with Gasteiger partial charge in [-0.05, 0) is 12.2 Å². The highest BCUT2D eigenvalue weighted by atomic mass is 32.2. The molecule has 1 aliphatic heterocycles. The molecular formula is C6H11NS2. The summed E-state index contributed by atoms with van der Waals surface area (Å²) in [6, 6.07) is 0. The third kappa shape index (κ3) is 2.63. The molecule has 0 radical (unpaired) electrons. The normalized spacial score (nSPS) is 18.1. The topological polar surface area (TPSA) is 12.4 Å². The smallest absolute Gasteiger partial charge is 0.124 e.